The summed E-state index contributed by atoms with van der Waals surface area (Å²) in [5.41, 5.74) is 7.91. The van der Waals surface area contributed by atoms with Crippen molar-refractivity contribution in [2.24, 2.45) is 0 Å². The van der Waals surface area contributed by atoms with Crippen LogP contribution in [0, 0.1) is 25.2 Å². The Morgan fingerprint density at radius 1 is 1.24 bits per heavy atom. The van der Waals surface area contributed by atoms with Gasteiger partial charge in [-0.15, -0.1) is 0 Å². The first-order valence-corrected chi connectivity index (χ1v) is 7.57. The minimum absolute atomic E-state index is 0.0790. The van der Waals surface area contributed by atoms with Gasteiger partial charge >= 0.3 is 0 Å². The third kappa shape index (κ3) is 3.12. The van der Waals surface area contributed by atoms with E-state index in [0.29, 0.717) is 16.8 Å². The molecule has 0 fully saturated rings. The Bertz CT molecular complexity index is 839. The number of nitrogens with two attached hydrogens (primary N) is 1. The van der Waals surface area contributed by atoms with Gasteiger partial charge < -0.3 is 5.73 Å². The van der Waals surface area contributed by atoms with Crippen molar-refractivity contribution in [1.82, 2.24) is 4.98 Å². The van der Waals surface area contributed by atoms with Crippen LogP contribution >= 0.6 is 0 Å². The molecule has 21 heavy (non-hydrogen) atoms. The lowest BCUT2D eigenvalue weighted by Gasteiger charge is -2.09. The van der Waals surface area contributed by atoms with Crippen molar-refractivity contribution in [2.45, 2.75) is 18.7 Å². The average Bonchev–Trinajstić information content (AvgIpc) is 2.42. The van der Waals surface area contributed by atoms with Crippen LogP contribution in [0.3, 0.4) is 0 Å². The normalized spacial score (nSPS) is 10.9. The highest BCUT2D eigenvalue weighted by atomic mass is 32.2. The first-order valence-electron chi connectivity index (χ1n) is 6.09. The number of pyridine rings is 1. The van der Waals surface area contributed by atoms with Gasteiger partial charge in [0.15, 0.2) is 0 Å². The Balaban J connectivity index is 2.36. The predicted molar refractivity (Wildman–Crippen MR) is 80.1 cm³/mol. The van der Waals surface area contributed by atoms with Gasteiger partial charge in [0.25, 0.3) is 10.0 Å². The number of nitriles is 1. The van der Waals surface area contributed by atoms with Gasteiger partial charge in [-0.25, -0.2) is 13.4 Å². The smallest absolute Gasteiger partial charge is 0.263 e. The number of nitrogen functional groups attached to an aromatic ring is 1. The second-order valence-electron chi connectivity index (χ2n) is 4.62. The molecule has 1 aromatic carbocycles. The van der Waals surface area contributed by atoms with Crippen LogP contribution in [0.1, 0.15) is 16.7 Å². The van der Waals surface area contributed by atoms with E-state index in [1.54, 1.807) is 19.9 Å². The molecule has 0 saturated carbocycles. The van der Waals surface area contributed by atoms with Crippen molar-refractivity contribution in [1.29, 1.82) is 5.26 Å². The third-order valence-corrected chi connectivity index (χ3v) is 4.37. The fourth-order valence-corrected chi connectivity index (χ4v) is 2.83. The van der Waals surface area contributed by atoms with Gasteiger partial charge in [0.1, 0.15) is 5.82 Å². The molecule has 0 aliphatic heterocycles. The van der Waals surface area contributed by atoms with E-state index in [1.807, 2.05) is 6.07 Å². The summed E-state index contributed by atoms with van der Waals surface area (Å²) in [6.45, 7) is 3.45. The van der Waals surface area contributed by atoms with E-state index in [-0.39, 0.29) is 10.7 Å². The molecule has 1 aromatic heterocycles. The molecule has 0 atom stereocenters. The maximum atomic E-state index is 12.3. The van der Waals surface area contributed by atoms with Gasteiger partial charge in [0.2, 0.25) is 0 Å². The average molecular weight is 302 g/mol. The molecule has 7 heteroatoms. The Labute approximate surface area is 123 Å². The zero-order valence-corrected chi connectivity index (χ0v) is 12.4. The molecule has 2 aromatic rings. The van der Waals surface area contributed by atoms with Crippen molar-refractivity contribution >= 4 is 21.5 Å². The third-order valence-electron chi connectivity index (χ3n) is 3.02. The number of anilines is 2. The molecule has 0 spiro atoms. The fourth-order valence-electron chi connectivity index (χ4n) is 1.75. The van der Waals surface area contributed by atoms with Gasteiger partial charge in [-0.05, 0) is 49.2 Å². The van der Waals surface area contributed by atoms with Gasteiger partial charge in [0.05, 0.1) is 28.4 Å². The van der Waals surface area contributed by atoms with Crippen LogP contribution in [-0.4, -0.2) is 13.4 Å². The summed E-state index contributed by atoms with van der Waals surface area (Å²) >= 11 is 0. The number of nitrogens with one attached hydrogen (secondary N) is 1. The molecule has 0 saturated heterocycles. The van der Waals surface area contributed by atoms with Gasteiger partial charge in [-0.2, -0.15) is 5.26 Å². The summed E-state index contributed by atoms with van der Waals surface area (Å²) in [6, 6.07) is 7.87. The number of rotatable bonds is 3. The summed E-state index contributed by atoms with van der Waals surface area (Å²) < 4.78 is 27.0. The van der Waals surface area contributed by atoms with Crippen LogP contribution in [0.5, 0.6) is 0 Å². The van der Waals surface area contributed by atoms with E-state index in [0.717, 1.165) is 5.56 Å². The molecule has 0 unspecified atom stereocenters. The molecule has 1 heterocycles. The van der Waals surface area contributed by atoms with Crippen molar-refractivity contribution in [3.63, 3.8) is 0 Å². The largest absolute Gasteiger partial charge is 0.397 e. The fraction of sp³-hybridized carbons (Fsp3) is 0.143. The Hall–Kier alpha value is -2.59. The molecule has 0 amide bonds. The van der Waals surface area contributed by atoms with E-state index in [4.69, 9.17) is 11.0 Å². The monoisotopic (exact) mass is 302 g/mol. The maximum Gasteiger partial charge on any atom is 0.263 e. The van der Waals surface area contributed by atoms with Crippen LogP contribution in [0.25, 0.3) is 0 Å². The molecular weight excluding hydrogens is 288 g/mol. The minimum Gasteiger partial charge on any atom is -0.397 e. The number of sulfonamides is 1. The van der Waals surface area contributed by atoms with Gasteiger partial charge in [-0.1, -0.05) is 0 Å². The molecule has 3 N–H and O–H groups in total. The summed E-state index contributed by atoms with van der Waals surface area (Å²) in [7, 11) is -3.75. The van der Waals surface area contributed by atoms with Crippen LogP contribution in [0.2, 0.25) is 0 Å². The number of aryl methyl sites for hydroxylation is 2. The maximum absolute atomic E-state index is 12.3. The minimum atomic E-state index is -3.75. The molecule has 0 aliphatic rings. The summed E-state index contributed by atoms with van der Waals surface area (Å²) in [4.78, 5) is 4.02. The molecule has 108 valence electrons. The van der Waals surface area contributed by atoms with E-state index in [9.17, 15) is 8.42 Å². The summed E-state index contributed by atoms with van der Waals surface area (Å²) in [5.74, 6) is 0.198. The highest BCUT2D eigenvalue weighted by Crippen LogP contribution is 2.19. The Morgan fingerprint density at radius 3 is 2.52 bits per heavy atom. The molecule has 6 nitrogen and oxygen atoms in total. The first-order chi connectivity index (χ1) is 9.83. The molecule has 0 radical (unpaired) electrons. The SMILES string of the molecule is Cc1cc(NS(=O)(=O)c2ccc(C#N)c(C)c2)ncc1N. The standard InChI is InChI=1S/C14H14N4O2S/c1-9-5-12(4-3-11(9)7-15)21(19,20)18-14-6-10(2)13(16)8-17-14/h3-6,8H,16H2,1-2H3,(H,17,18). The number of hydrogen-bond donors (Lipinski definition) is 2. The molecule has 0 aliphatic carbocycles. The van der Waals surface area contributed by atoms with Gasteiger partial charge in [0, 0.05) is 0 Å². The second kappa shape index (κ2) is 5.42. The highest BCUT2D eigenvalue weighted by molar-refractivity contribution is 7.92. The Morgan fingerprint density at radius 2 is 1.95 bits per heavy atom. The zero-order valence-electron chi connectivity index (χ0n) is 11.6. The second-order valence-corrected chi connectivity index (χ2v) is 6.30. The Kier molecular flexibility index (Phi) is 3.82. The van der Waals surface area contributed by atoms with E-state index < -0.39 is 10.0 Å². The number of hydrogen-bond acceptors (Lipinski definition) is 5. The number of aromatic nitrogens is 1. The number of benzene rings is 1. The van der Waals surface area contributed by atoms with Crippen molar-refractivity contribution in [3.8, 4) is 6.07 Å². The lowest BCUT2D eigenvalue weighted by Crippen LogP contribution is -2.14. The van der Waals surface area contributed by atoms with E-state index >= 15 is 0 Å². The zero-order chi connectivity index (χ0) is 15.6. The topological polar surface area (TPSA) is 109 Å². The lowest BCUT2D eigenvalue weighted by molar-refractivity contribution is 0.601. The van der Waals surface area contributed by atoms with E-state index in [2.05, 4.69) is 9.71 Å². The van der Waals surface area contributed by atoms with Crippen LogP contribution in [0.15, 0.2) is 35.4 Å². The van der Waals surface area contributed by atoms with Crippen LogP contribution in [-0.2, 0) is 10.0 Å². The lowest BCUT2D eigenvalue weighted by atomic mass is 10.1. The predicted octanol–water partition coefficient (Wildman–Crippen LogP) is 1.95. The number of nitrogens with zero attached hydrogens (tertiary/aromatic N) is 2. The first kappa shape index (κ1) is 14.8. The molecule has 2 rings (SSSR count). The van der Waals surface area contributed by atoms with Crippen molar-refractivity contribution in [2.75, 3.05) is 10.5 Å². The molecular formula is C14H14N4O2S. The molecule has 0 bridgehead atoms. The van der Waals surface area contributed by atoms with Crippen molar-refractivity contribution < 1.29 is 8.42 Å². The highest BCUT2D eigenvalue weighted by Gasteiger charge is 2.16. The van der Waals surface area contributed by atoms with Gasteiger partial charge in [-0.3, -0.25) is 4.72 Å². The van der Waals surface area contributed by atoms with Crippen LogP contribution in [0.4, 0.5) is 11.5 Å². The summed E-state index contributed by atoms with van der Waals surface area (Å²) in [5, 5.41) is 8.87. The van der Waals surface area contributed by atoms with Crippen molar-refractivity contribution in [3.05, 3.63) is 47.2 Å². The van der Waals surface area contributed by atoms with Crippen LogP contribution < -0.4 is 10.5 Å². The quantitative estimate of drug-likeness (QED) is 0.900. The van der Waals surface area contributed by atoms with E-state index in [1.165, 1.54) is 24.4 Å². The summed E-state index contributed by atoms with van der Waals surface area (Å²) in [6.07, 6.45) is 1.40.